The standard InChI is InChI=1S/C14H20N2O3/c1-10(2)7-13(17)15-16-14(18)9-11-5-4-6-12(8-11)19-3/h4-6,8,10H,7,9H2,1-3H3,(H,15,17)(H,16,18). The second-order valence-electron chi connectivity index (χ2n) is 4.72. The molecular formula is C14H20N2O3. The first kappa shape index (κ1) is 15.0. The van der Waals surface area contributed by atoms with E-state index in [0.29, 0.717) is 12.2 Å². The van der Waals surface area contributed by atoms with Gasteiger partial charge in [-0.25, -0.2) is 0 Å². The first-order chi connectivity index (χ1) is 9.01. The van der Waals surface area contributed by atoms with Gasteiger partial charge in [0.05, 0.1) is 13.5 Å². The van der Waals surface area contributed by atoms with Crippen LogP contribution < -0.4 is 15.6 Å². The first-order valence-corrected chi connectivity index (χ1v) is 6.22. The third kappa shape index (κ3) is 5.90. The van der Waals surface area contributed by atoms with E-state index in [1.165, 1.54) is 0 Å². The molecule has 0 fully saturated rings. The molecular weight excluding hydrogens is 244 g/mol. The Morgan fingerprint density at radius 3 is 2.53 bits per heavy atom. The monoisotopic (exact) mass is 264 g/mol. The molecule has 2 N–H and O–H groups in total. The normalized spacial score (nSPS) is 10.1. The quantitative estimate of drug-likeness (QED) is 0.791. The predicted octanol–water partition coefficient (Wildman–Crippen LogP) is 1.43. The van der Waals surface area contributed by atoms with E-state index in [4.69, 9.17) is 4.74 Å². The molecule has 0 spiro atoms. The lowest BCUT2D eigenvalue weighted by Gasteiger charge is -2.09. The molecule has 5 heteroatoms. The zero-order valence-corrected chi connectivity index (χ0v) is 11.5. The van der Waals surface area contributed by atoms with Crippen molar-refractivity contribution in [2.24, 2.45) is 5.92 Å². The number of amides is 2. The van der Waals surface area contributed by atoms with Crippen LogP contribution in [0.25, 0.3) is 0 Å². The molecule has 0 saturated heterocycles. The van der Waals surface area contributed by atoms with E-state index in [0.717, 1.165) is 5.56 Å². The highest BCUT2D eigenvalue weighted by Gasteiger charge is 2.07. The lowest BCUT2D eigenvalue weighted by molar-refractivity contribution is -0.129. The van der Waals surface area contributed by atoms with E-state index in [9.17, 15) is 9.59 Å². The molecule has 0 aliphatic rings. The number of hydrazine groups is 1. The molecule has 0 aliphatic heterocycles. The minimum atomic E-state index is -0.259. The second kappa shape index (κ2) is 7.41. The van der Waals surface area contributed by atoms with Crippen LogP contribution in [-0.2, 0) is 16.0 Å². The van der Waals surface area contributed by atoms with Gasteiger partial charge in [-0.05, 0) is 23.6 Å². The summed E-state index contributed by atoms with van der Waals surface area (Å²) in [7, 11) is 1.57. The molecule has 19 heavy (non-hydrogen) atoms. The second-order valence-corrected chi connectivity index (χ2v) is 4.72. The molecule has 0 saturated carbocycles. The fourth-order valence-electron chi connectivity index (χ4n) is 1.57. The maximum absolute atomic E-state index is 11.6. The highest BCUT2D eigenvalue weighted by Crippen LogP contribution is 2.12. The van der Waals surface area contributed by atoms with E-state index in [-0.39, 0.29) is 24.2 Å². The number of carbonyl (C=O) groups excluding carboxylic acids is 2. The highest BCUT2D eigenvalue weighted by molar-refractivity contribution is 5.83. The van der Waals surface area contributed by atoms with Crippen molar-refractivity contribution in [3.05, 3.63) is 29.8 Å². The Bertz CT molecular complexity index is 444. The van der Waals surface area contributed by atoms with Crippen LogP contribution in [0.4, 0.5) is 0 Å². The Morgan fingerprint density at radius 1 is 1.21 bits per heavy atom. The third-order valence-corrected chi connectivity index (χ3v) is 2.43. The molecule has 0 aliphatic carbocycles. The molecule has 0 aromatic heterocycles. The van der Waals surface area contributed by atoms with Gasteiger partial charge in [0.15, 0.2) is 0 Å². The van der Waals surface area contributed by atoms with Gasteiger partial charge in [0.2, 0.25) is 11.8 Å². The number of benzene rings is 1. The van der Waals surface area contributed by atoms with Crippen LogP contribution in [-0.4, -0.2) is 18.9 Å². The van der Waals surface area contributed by atoms with Crippen LogP contribution in [0.5, 0.6) is 5.75 Å². The van der Waals surface area contributed by atoms with Gasteiger partial charge in [0.25, 0.3) is 0 Å². The summed E-state index contributed by atoms with van der Waals surface area (Å²) in [6, 6.07) is 7.25. The zero-order valence-electron chi connectivity index (χ0n) is 11.5. The lowest BCUT2D eigenvalue weighted by Crippen LogP contribution is -2.42. The number of ether oxygens (including phenoxy) is 1. The van der Waals surface area contributed by atoms with Crippen LogP contribution in [0.2, 0.25) is 0 Å². The summed E-state index contributed by atoms with van der Waals surface area (Å²) >= 11 is 0. The third-order valence-electron chi connectivity index (χ3n) is 2.43. The maximum Gasteiger partial charge on any atom is 0.242 e. The van der Waals surface area contributed by atoms with E-state index in [1.807, 2.05) is 32.0 Å². The van der Waals surface area contributed by atoms with Gasteiger partial charge in [0, 0.05) is 6.42 Å². The molecule has 5 nitrogen and oxygen atoms in total. The average Bonchev–Trinajstić information content (AvgIpc) is 2.36. The Morgan fingerprint density at radius 2 is 1.89 bits per heavy atom. The molecule has 0 heterocycles. The Kier molecular flexibility index (Phi) is 5.85. The summed E-state index contributed by atoms with van der Waals surface area (Å²) < 4.78 is 5.08. The molecule has 1 aromatic rings. The van der Waals surface area contributed by atoms with Crippen LogP contribution >= 0.6 is 0 Å². The van der Waals surface area contributed by atoms with Crippen LogP contribution in [0.15, 0.2) is 24.3 Å². The average molecular weight is 264 g/mol. The molecule has 104 valence electrons. The zero-order chi connectivity index (χ0) is 14.3. The minimum Gasteiger partial charge on any atom is -0.497 e. The molecule has 0 atom stereocenters. The number of rotatable bonds is 5. The van der Waals surface area contributed by atoms with Crippen molar-refractivity contribution in [3.63, 3.8) is 0 Å². The Labute approximate surface area is 113 Å². The lowest BCUT2D eigenvalue weighted by atomic mass is 10.1. The van der Waals surface area contributed by atoms with Crippen molar-refractivity contribution in [1.29, 1.82) is 0 Å². The van der Waals surface area contributed by atoms with E-state index in [2.05, 4.69) is 10.9 Å². The predicted molar refractivity (Wildman–Crippen MR) is 72.4 cm³/mol. The summed E-state index contributed by atoms with van der Waals surface area (Å²) in [5.74, 6) is 0.517. The van der Waals surface area contributed by atoms with Crippen molar-refractivity contribution in [2.45, 2.75) is 26.7 Å². The topological polar surface area (TPSA) is 67.4 Å². The van der Waals surface area contributed by atoms with Crippen molar-refractivity contribution in [3.8, 4) is 5.75 Å². The minimum absolute atomic E-state index is 0.186. The SMILES string of the molecule is COc1cccc(CC(=O)NNC(=O)CC(C)C)c1. The van der Waals surface area contributed by atoms with Gasteiger partial charge in [-0.1, -0.05) is 26.0 Å². The fraction of sp³-hybridized carbons (Fsp3) is 0.429. The highest BCUT2D eigenvalue weighted by atomic mass is 16.5. The molecule has 0 bridgehead atoms. The summed E-state index contributed by atoms with van der Waals surface area (Å²) in [6.07, 6.45) is 0.582. The molecule has 2 amide bonds. The van der Waals surface area contributed by atoms with Crippen molar-refractivity contribution >= 4 is 11.8 Å². The summed E-state index contributed by atoms with van der Waals surface area (Å²) in [4.78, 5) is 23.0. The maximum atomic E-state index is 11.6. The van der Waals surface area contributed by atoms with Crippen LogP contribution in [0.3, 0.4) is 0 Å². The van der Waals surface area contributed by atoms with E-state index >= 15 is 0 Å². The van der Waals surface area contributed by atoms with E-state index < -0.39 is 0 Å². The smallest absolute Gasteiger partial charge is 0.242 e. The molecule has 0 unspecified atom stereocenters. The van der Waals surface area contributed by atoms with Gasteiger partial charge in [-0.15, -0.1) is 0 Å². The summed E-state index contributed by atoms with van der Waals surface area (Å²) in [5.41, 5.74) is 5.62. The number of hydrogen-bond acceptors (Lipinski definition) is 3. The van der Waals surface area contributed by atoms with Crippen molar-refractivity contribution in [1.82, 2.24) is 10.9 Å². The van der Waals surface area contributed by atoms with Gasteiger partial charge in [-0.3, -0.25) is 20.4 Å². The van der Waals surface area contributed by atoms with Crippen LogP contribution in [0, 0.1) is 5.92 Å². The molecule has 1 aromatic carbocycles. The molecule has 0 radical (unpaired) electrons. The largest absolute Gasteiger partial charge is 0.497 e. The van der Waals surface area contributed by atoms with Gasteiger partial charge >= 0.3 is 0 Å². The van der Waals surface area contributed by atoms with Crippen molar-refractivity contribution < 1.29 is 14.3 Å². The first-order valence-electron chi connectivity index (χ1n) is 6.22. The Hall–Kier alpha value is -2.04. The van der Waals surface area contributed by atoms with Gasteiger partial charge in [0.1, 0.15) is 5.75 Å². The van der Waals surface area contributed by atoms with Gasteiger partial charge < -0.3 is 4.74 Å². The fourth-order valence-corrected chi connectivity index (χ4v) is 1.57. The Balaban J connectivity index is 2.40. The van der Waals surface area contributed by atoms with E-state index in [1.54, 1.807) is 13.2 Å². The summed E-state index contributed by atoms with van der Waals surface area (Å²) in [6.45, 7) is 3.88. The molecule has 1 rings (SSSR count). The number of hydrogen-bond donors (Lipinski definition) is 2. The summed E-state index contributed by atoms with van der Waals surface area (Å²) in [5, 5.41) is 0. The number of carbonyl (C=O) groups is 2. The van der Waals surface area contributed by atoms with Gasteiger partial charge in [-0.2, -0.15) is 0 Å². The number of nitrogens with one attached hydrogen (secondary N) is 2. The number of methoxy groups -OCH3 is 1. The van der Waals surface area contributed by atoms with Crippen LogP contribution in [0.1, 0.15) is 25.8 Å². The van der Waals surface area contributed by atoms with Crippen molar-refractivity contribution in [2.75, 3.05) is 7.11 Å².